The van der Waals surface area contributed by atoms with Crippen molar-refractivity contribution in [3.05, 3.63) is 113 Å². The lowest BCUT2D eigenvalue weighted by atomic mass is 9.88. The third kappa shape index (κ3) is 4.62. The molecule has 0 spiro atoms. The molecular formula is C25H19NO. The second-order valence-electron chi connectivity index (χ2n) is 5.97. The minimum Gasteiger partial charge on any atom is -0.366 e. The fourth-order valence-electron chi connectivity index (χ4n) is 2.96. The van der Waals surface area contributed by atoms with Gasteiger partial charge in [0.2, 0.25) is 5.91 Å². The van der Waals surface area contributed by atoms with Crippen molar-refractivity contribution < 1.29 is 4.79 Å². The predicted molar refractivity (Wildman–Crippen MR) is 109 cm³/mol. The molecular weight excluding hydrogens is 330 g/mol. The summed E-state index contributed by atoms with van der Waals surface area (Å²) in [6.45, 7) is 2.13. The van der Waals surface area contributed by atoms with Crippen molar-refractivity contribution in [2.45, 2.75) is 13.3 Å². The molecule has 27 heavy (non-hydrogen) atoms. The van der Waals surface area contributed by atoms with Crippen LogP contribution in [0.25, 0.3) is 17.2 Å². The van der Waals surface area contributed by atoms with E-state index in [9.17, 15) is 4.79 Å². The number of carbonyl (C=O) groups is 1. The van der Waals surface area contributed by atoms with E-state index < -0.39 is 5.91 Å². The van der Waals surface area contributed by atoms with Gasteiger partial charge in [-0.3, -0.25) is 4.79 Å². The van der Waals surface area contributed by atoms with Crippen LogP contribution in [0.4, 0.5) is 0 Å². The predicted octanol–water partition coefficient (Wildman–Crippen LogP) is 4.75. The highest BCUT2D eigenvalue weighted by Crippen LogP contribution is 2.33. The van der Waals surface area contributed by atoms with E-state index >= 15 is 0 Å². The first kappa shape index (κ1) is 18.4. The number of nitrogens with two attached hydrogens (primary N) is 1. The van der Waals surface area contributed by atoms with E-state index in [-0.39, 0.29) is 0 Å². The summed E-state index contributed by atoms with van der Waals surface area (Å²) < 4.78 is 0. The Morgan fingerprint density at radius 3 is 2.00 bits per heavy atom. The zero-order chi connectivity index (χ0) is 19.1. The van der Waals surface area contributed by atoms with E-state index in [0.717, 1.165) is 34.2 Å². The average Bonchev–Trinajstić information content (AvgIpc) is 2.72. The summed E-state index contributed by atoms with van der Waals surface area (Å²) >= 11 is 0. The van der Waals surface area contributed by atoms with Gasteiger partial charge >= 0.3 is 0 Å². The normalized spacial score (nSPS) is 10.7. The van der Waals surface area contributed by atoms with Crippen LogP contribution in [-0.4, -0.2) is 5.91 Å². The highest BCUT2D eigenvalue weighted by molar-refractivity contribution is 5.98. The van der Waals surface area contributed by atoms with E-state index in [1.807, 2.05) is 48.5 Å². The third-order valence-electron chi connectivity index (χ3n) is 4.19. The molecule has 0 atom stereocenters. The number of primary amides is 1. The van der Waals surface area contributed by atoms with Crippen LogP contribution in [0.1, 0.15) is 35.6 Å². The largest absolute Gasteiger partial charge is 0.366 e. The quantitative estimate of drug-likeness (QED) is 0.506. The van der Waals surface area contributed by atoms with Gasteiger partial charge in [-0.25, -0.2) is 0 Å². The Bertz CT molecular complexity index is 911. The fourth-order valence-corrected chi connectivity index (χ4v) is 2.96. The number of amides is 1. The lowest BCUT2D eigenvalue weighted by Gasteiger charge is -2.16. The maximum Gasteiger partial charge on any atom is 0.241 e. The highest BCUT2D eigenvalue weighted by atomic mass is 16.1. The Labute approximate surface area is 160 Å². The van der Waals surface area contributed by atoms with Gasteiger partial charge in [0.1, 0.15) is 0 Å². The Kier molecular flexibility index (Phi) is 6.01. The molecule has 4 radical (unpaired) electrons. The van der Waals surface area contributed by atoms with Gasteiger partial charge in [-0.1, -0.05) is 55.5 Å². The zero-order valence-corrected chi connectivity index (χ0v) is 15.1. The van der Waals surface area contributed by atoms with Gasteiger partial charge in [0, 0.05) is 6.08 Å². The molecule has 3 rings (SSSR count). The summed E-state index contributed by atoms with van der Waals surface area (Å²) in [5.74, 6) is -0.456. The van der Waals surface area contributed by atoms with Crippen molar-refractivity contribution in [1.82, 2.24) is 0 Å². The van der Waals surface area contributed by atoms with E-state index in [1.54, 1.807) is 6.08 Å². The summed E-state index contributed by atoms with van der Waals surface area (Å²) in [4.78, 5) is 10.9. The smallest absolute Gasteiger partial charge is 0.241 e. The molecule has 2 nitrogen and oxygen atoms in total. The molecule has 1 amide bonds. The standard InChI is InChI=1S/C25H19NO/c1-2-23(20-16-13-19(14-17-20)15-18-24(26)27)25(21-9-5-3-6-10-21)22-11-7-4-8-12-22/h3-5,7,10,12-18H,2H2,1H3,(H2,26,27)/b18-15+. The molecule has 0 fully saturated rings. The molecule has 130 valence electrons. The highest BCUT2D eigenvalue weighted by Gasteiger charge is 2.13. The molecule has 0 aromatic heterocycles. The molecule has 0 heterocycles. The molecule has 0 saturated carbocycles. The van der Waals surface area contributed by atoms with Crippen molar-refractivity contribution in [2.75, 3.05) is 0 Å². The van der Waals surface area contributed by atoms with Crippen LogP contribution in [0, 0.1) is 24.3 Å². The maximum absolute atomic E-state index is 10.9. The number of carbonyl (C=O) groups excluding carboxylic acids is 1. The minimum absolute atomic E-state index is 0.456. The molecule has 3 aromatic rings. The van der Waals surface area contributed by atoms with Crippen LogP contribution >= 0.6 is 0 Å². The maximum atomic E-state index is 10.9. The van der Waals surface area contributed by atoms with E-state index in [0.29, 0.717) is 0 Å². The molecule has 2 N–H and O–H groups in total. The van der Waals surface area contributed by atoms with Gasteiger partial charge in [-0.2, -0.15) is 0 Å². The first-order valence-corrected chi connectivity index (χ1v) is 8.76. The molecule has 0 bridgehead atoms. The summed E-state index contributed by atoms with van der Waals surface area (Å²) in [7, 11) is 0. The van der Waals surface area contributed by atoms with Gasteiger partial charge in [0.05, 0.1) is 0 Å². The van der Waals surface area contributed by atoms with Crippen molar-refractivity contribution in [2.24, 2.45) is 5.73 Å². The topological polar surface area (TPSA) is 43.1 Å². The number of hydrogen-bond donors (Lipinski definition) is 1. The number of benzene rings is 3. The van der Waals surface area contributed by atoms with Crippen molar-refractivity contribution >= 4 is 23.1 Å². The monoisotopic (exact) mass is 349 g/mol. The lowest BCUT2D eigenvalue weighted by molar-refractivity contribution is -0.113. The summed E-state index contributed by atoms with van der Waals surface area (Å²) in [5, 5.41) is 0. The van der Waals surface area contributed by atoms with Gasteiger partial charge in [0.25, 0.3) is 0 Å². The van der Waals surface area contributed by atoms with Crippen LogP contribution in [-0.2, 0) is 4.79 Å². The first-order chi connectivity index (χ1) is 13.2. The van der Waals surface area contributed by atoms with Crippen molar-refractivity contribution in [3.8, 4) is 0 Å². The van der Waals surface area contributed by atoms with Crippen molar-refractivity contribution in [3.63, 3.8) is 0 Å². The Balaban J connectivity index is 2.12. The zero-order valence-electron chi connectivity index (χ0n) is 15.1. The van der Waals surface area contributed by atoms with Crippen LogP contribution < -0.4 is 5.73 Å². The molecule has 0 saturated heterocycles. The van der Waals surface area contributed by atoms with Gasteiger partial charge in [0.15, 0.2) is 0 Å². The van der Waals surface area contributed by atoms with Crippen LogP contribution in [0.5, 0.6) is 0 Å². The number of hydrogen-bond acceptors (Lipinski definition) is 1. The second-order valence-corrected chi connectivity index (χ2v) is 5.97. The molecule has 0 aliphatic rings. The van der Waals surface area contributed by atoms with Gasteiger partial charge < -0.3 is 5.73 Å². The number of rotatable bonds is 6. The van der Waals surface area contributed by atoms with E-state index in [2.05, 4.69) is 43.3 Å². The third-order valence-corrected chi connectivity index (χ3v) is 4.19. The SMILES string of the molecule is CCC(=C(c1[c]cc[c]c1)c1[c]cc[c]c1)c1ccc(/C=C/C(N)=O)cc1. The van der Waals surface area contributed by atoms with Gasteiger partial charge in [-0.05, 0) is 82.3 Å². The van der Waals surface area contributed by atoms with Gasteiger partial charge in [-0.15, -0.1) is 0 Å². The molecule has 0 aliphatic carbocycles. The molecule has 3 aromatic carbocycles. The Morgan fingerprint density at radius 1 is 0.963 bits per heavy atom. The Hall–Kier alpha value is -3.39. The lowest BCUT2D eigenvalue weighted by Crippen LogP contribution is -2.05. The fraction of sp³-hybridized carbons (Fsp3) is 0.0800. The van der Waals surface area contributed by atoms with E-state index in [4.69, 9.17) is 5.73 Å². The number of allylic oxidation sites excluding steroid dienone is 1. The molecule has 0 aliphatic heterocycles. The Morgan fingerprint density at radius 2 is 1.56 bits per heavy atom. The minimum atomic E-state index is -0.456. The second kappa shape index (κ2) is 8.81. The summed E-state index contributed by atoms with van der Waals surface area (Å²) in [5.41, 5.74) is 11.4. The first-order valence-electron chi connectivity index (χ1n) is 8.76. The van der Waals surface area contributed by atoms with Crippen LogP contribution in [0.3, 0.4) is 0 Å². The van der Waals surface area contributed by atoms with E-state index in [1.165, 1.54) is 11.6 Å². The van der Waals surface area contributed by atoms with Crippen molar-refractivity contribution in [1.29, 1.82) is 0 Å². The molecule has 2 heteroatoms. The summed E-state index contributed by atoms with van der Waals surface area (Å²) in [6, 6.07) is 32.3. The van der Waals surface area contributed by atoms with Crippen LogP contribution in [0.15, 0.2) is 66.7 Å². The summed E-state index contributed by atoms with van der Waals surface area (Å²) in [6.07, 6.45) is 3.92. The molecule has 0 unspecified atom stereocenters. The average molecular weight is 349 g/mol. The van der Waals surface area contributed by atoms with Crippen LogP contribution in [0.2, 0.25) is 0 Å².